The van der Waals surface area contributed by atoms with Gasteiger partial charge in [-0.25, -0.2) is 9.59 Å². The number of carbonyl (C=O) groups is 4. The van der Waals surface area contributed by atoms with Crippen molar-refractivity contribution in [3.63, 3.8) is 0 Å². The number of ether oxygens (including phenoxy) is 1. The number of fused-ring (bicyclic) bond motifs is 2. The van der Waals surface area contributed by atoms with E-state index >= 15 is 0 Å². The Labute approximate surface area is 233 Å². The monoisotopic (exact) mass is 540 g/mol. The molecule has 0 radical (unpaired) electrons. The second kappa shape index (κ2) is 9.93. The third-order valence-corrected chi connectivity index (χ3v) is 8.05. The van der Waals surface area contributed by atoms with Crippen LogP contribution in [0.1, 0.15) is 44.7 Å². The zero-order chi connectivity index (χ0) is 28.8. The highest BCUT2D eigenvalue weighted by Gasteiger charge is 2.58. The summed E-state index contributed by atoms with van der Waals surface area (Å²) in [6, 6.07) is 22.1. The molecule has 8 nitrogen and oxygen atoms in total. The lowest BCUT2D eigenvalue weighted by atomic mass is 9.66. The number of hydrogen-bond donors (Lipinski definition) is 1. The fourth-order valence-corrected chi connectivity index (χ4v) is 6.11. The highest BCUT2D eigenvalue weighted by molar-refractivity contribution is 6.36. The molecule has 5 rings (SSSR count). The highest BCUT2D eigenvalue weighted by Crippen LogP contribution is 2.55. The number of anilines is 2. The number of amides is 2. The third kappa shape index (κ3) is 4.33. The van der Waals surface area contributed by atoms with E-state index in [-0.39, 0.29) is 30.7 Å². The molecule has 1 N–H and O–H groups in total. The average molecular weight is 541 g/mol. The Kier molecular flexibility index (Phi) is 6.74. The first-order valence-corrected chi connectivity index (χ1v) is 13.3. The minimum absolute atomic E-state index is 0.0762. The molecule has 1 spiro atoms. The van der Waals surface area contributed by atoms with Crippen LogP contribution in [-0.4, -0.2) is 53.5 Å². The van der Waals surface area contributed by atoms with Crippen LogP contribution in [0.25, 0.3) is 11.1 Å². The molecule has 2 aliphatic rings. The number of nitrogens with zero attached hydrogens (tertiary/aromatic N) is 2. The number of Topliss-reactive ketones (excluding diaryl/α,β-unsaturated/α-hetero) is 1. The van der Waals surface area contributed by atoms with Crippen molar-refractivity contribution >= 4 is 35.1 Å². The van der Waals surface area contributed by atoms with Crippen molar-refractivity contribution in [1.29, 1.82) is 0 Å². The lowest BCUT2D eigenvalue weighted by molar-refractivity contribution is -0.155. The first kappa shape index (κ1) is 27.1. The number of piperidine rings is 1. The number of rotatable bonds is 4. The summed E-state index contributed by atoms with van der Waals surface area (Å²) >= 11 is 0. The topological polar surface area (TPSA) is 104 Å². The van der Waals surface area contributed by atoms with Gasteiger partial charge in [-0.3, -0.25) is 19.4 Å². The zero-order valence-corrected chi connectivity index (χ0v) is 23.0. The number of ketones is 1. The van der Waals surface area contributed by atoms with Gasteiger partial charge in [0.2, 0.25) is 5.91 Å². The first-order chi connectivity index (χ1) is 19.0. The molecular formula is C32H32N2O6. The number of methoxy groups -OCH3 is 1. The van der Waals surface area contributed by atoms with Gasteiger partial charge < -0.3 is 9.84 Å². The Morgan fingerprint density at radius 3 is 2.17 bits per heavy atom. The van der Waals surface area contributed by atoms with Crippen molar-refractivity contribution in [1.82, 2.24) is 4.90 Å². The van der Waals surface area contributed by atoms with Crippen LogP contribution in [-0.2, 0) is 30.0 Å². The maximum absolute atomic E-state index is 14.6. The van der Waals surface area contributed by atoms with Gasteiger partial charge in [-0.2, -0.15) is 0 Å². The van der Waals surface area contributed by atoms with Crippen LogP contribution >= 0.6 is 0 Å². The summed E-state index contributed by atoms with van der Waals surface area (Å²) in [5.74, 6) is -2.34. The van der Waals surface area contributed by atoms with E-state index in [1.165, 1.54) is 0 Å². The van der Waals surface area contributed by atoms with Crippen LogP contribution in [0.4, 0.5) is 16.2 Å². The minimum atomic E-state index is -1.34. The van der Waals surface area contributed by atoms with E-state index in [9.17, 15) is 24.3 Å². The first-order valence-electron chi connectivity index (χ1n) is 13.3. The summed E-state index contributed by atoms with van der Waals surface area (Å²) in [7, 11) is 1.08. The Balaban J connectivity index is 1.66. The summed E-state index contributed by atoms with van der Waals surface area (Å²) in [6.07, 6.45) is -1.28. The zero-order valence-electron chi connectivity index (χ0n) is 23.0. The Morgan fingerprint density at radius 2 is 1.57 bits per heavy atom. The van der Waals surface area contributed by atoms with Crippen molar-refractivity contribution in [2.75, 3.05) is 18.6 Å². The summed E-state index contributed by atoms with van der Waals surface area (Å²) in [5, 5.41) is 9.86. The third-order valence-electron chi connectivity index (χ3n) is 8.05. The number of carbonyl (C=O) groups excluding carboxylic acids is 3. The molecule has 2 amide bonds. The van der Waals surface area contributed by atoms with E-state index in [0.29, 0.717) is 11.4 Å². The maximum atomic E-state index is 14.6. The fraction of sp³-hybridized carbons (Fsp3) is 0.312. The van der Waals surface area contributed by atoms with E-state index in [1.807, 2.05) is 72.8 Å². The van der Waals surface area contributed by atoms with Gasteiger partial charge in [0, 0.05) is 12.2 Å². The molecule has 3 aromatic rings. The number of esters is 1. The average Bonchev–Trinajstić information content (AvgIpc) is 3.19. The molecule has 40 heavy (non-hydrogen) atoms. The molecule has 2 aliphatic heterocycles. The number of carboxylic acid groups (broad SMARTS) is 1. The van der Waals surface area contributed by atoms with E-state index in [0.717, 1.165) is 34.3 Å². The highest BCUT2D eigenvalue weighted by atomic mass is 16.5. The number of likely N-dealkylation sites (tertiary alicyclic amines) is 1. The van der Waals surface area contributed by atoms with Gasteiger partial charge in [-0.15, -0.1) is 0 Å². The lowest BCUT2D eigenvalue weighted by Crippen LogP contribution is -2.58. The smallest absolute Gasteiger partial charge is 0.407 e. The largest absolute Gasteiger partial charge is 0.465 e. The second-order valence-electron chi connectivity index (χ2n) is 11.4. The van der Waals surface area contributed by atoms with Gasteiger partial charge in [0.15, 0.2) is 0 Å². The summed E-state index contributed by atoms with van der Waals surface area (Å²) in [4.78, 5) is 54.7. The molecule has 2 atom stereocenters. The van der Waals surface area contributed by atoms with Crippen molar-refractivity contribution in [2.45, 2.75) is 50.5 Å². The molecule has 0 aliphatic carbocycles. The van der Waals surface area contributed by atoms with Gasteiger partial charge >= 0.3 is 12.1 Å². The van der Waals surface area contributed by atoms with E-state index in [4.69, 9.17) is 0 Å². The Hall–Kier alpha value is -4.46. The van der Waals surface area contributed by atoms with Crippen molar-refractivity contribution in [2.24, 2.45) is 0 Å². The lowest BCUT2D eigenvalue weighted by Gasteiger charge is -2.43. The van der Waals surface area contributed by atoms with Gasteiger partial charge in [0.1, 0.15) is 6.04 Å². The normalized spacial score (nSPS) is 20.4. The molecule has 2 heterocycles. The Morgan fingerprint density at radius 1 is 0.925 bits per heavy atom. The van der Waals surface area contributed by atoms with Gasteiger partial charge in [0.05, 0.1) is 18.2 Å². The predicted octanol–water partition coefficient (Wildman–Crippen LogP) is 5.45. The van der Waals surface area contributed by atoms with Crippen LogP contribution in [0, 0.1) is 0 Å². The van der Waals surface area contributed by atoms with Crippen LogP contribution in [0.5, 0.6) is 0 Å². The molecule has 1 fully saturated rings. The van der Waals surface area contributed by atoms with Crippen molar-refractivity contribution in [3.05, 3.63) is 83.9 Å². The molecular weight excluding hydrogens is 508 g/mol. The van der Waals surface area contributed by atoms with Crippen LogP contribution in [0.15, 0.2) is 72.8 Å². The summed E-state index contributed by atoms with van der Waals surface area (Å²) in [6.45, 7) is 6.10. The molecule has 3 aromatic carbocycles. The number of hydrogen-bond acceptors (Lipinski definition) is 5. The van der Waals surface area contributed by atoms with Crippen LogP contribution in [0.3, 0.4) is 0 Å². The molecule has 0 bridgehead atoms. The standard InChI is InChI=1S/C32H32N2O6/c1-31(2,3)23-11-8-12-24-26(23)32(17-18-33(30(38)39)25(19-32)27(35)28(36)40-4)29(37)34(24)22-15-13-21(14-16-22)20-9-6-5-7-10-20/h5-16,25H,17-19H2,1-4H3,(H,38,39). The second-order valence-corrected chi connectivity index (χ2v) is 11.4. The molecule has 2 unspecified atom stereocenters. The number of benzene rings is 3. The predicted molar refractivity (Wildman–Crippen MR) is 151 cm³/mol. The van der Waals surface area contributed by atoms with Gasteiger partial charge in [-0.05, 0) is 58.7 Å². The molecule has 206 valence electrons. The van der Waals surface area contributed by atoms with Crippen molar-refractivity contribution in [3.8, 4) is 11.1 Å². The molecule has 0 aromatic heterocycles. The molecule has 1 saturated heterocycles. The molecule has 0 saturated carbocycles. The van der Waals surface area contributed by atoms with Crippen LogP contribution < -0.4 is 4.90 Å². The van der Waals surface area contributed by atoms with E-state index in [1.54, 1.807) is 4.90 Å². The van der Waals surface area contributed by atoms with E-state index in [2.05, 4.69) is 25.5 Å². The summed E-state index contributed by atoms with van der Waals surface area (Å²) < 4.78 is 4.65. The fourth-order valence-electron chi connectivity index (χ4n) is 6.11. The summed E-state index contributed by atoms with van der Waals surface area (Å²) in [5.41, 5.74) is 3.62. The van der Waals surface area contributed by atoms with Crippen molar-refractivity contribution < 1.29 is 29.0 Å². The molecule has 8 heteroatoms. The Bertz CT molecular complexity index is 1490. The van der Waals surface area contributed by atoms with Gasteiger partial charge in [0.25, 0.3) is 5.78 Å². The van der Waals surface area contributed by atoms with Crippen LogP contribution in [0.2, 0.25) is 0 Å². The van der Waals surface area contributed by atoms with E-state index < -0.39 is 29.3 Å². The minimum Gasteiger partial charge on any atom is -0.465 e. The SMILES string of the molecule is COC(=O)C(=O)C1CC2(CCN1C(=O)O)C(=O)N(c1ccc(-c3ccccc3)cc1)c1cccc(C(C)(C)C)c12. The van der Waals surface area contributed by atoms with Gasteiger partial charge in [-0.1, -0.05) is 75.4 Å². The maximum Gasteiger partial charge on any atom is 0.407 e. The quantitative estimate of drug-likeness (QED) is 0.349.